The summed E-state index contributed by atoms with van der Waals surface area (Å²) in [5.41, 5.74) is 1.37. The second kappa shape index (κ2) is 4.16. The van der Waals surface area contributed by atoms with Crippen LogP contribution in [0.15, 0.2) is 24.5 Å². The SMILES string of the molecule is CCCc1ccc(-n2cnnn2)c(F)c1. The lowest BCUT2D eigenvalue weighted by Crippen LogP contribution is -1.99. The second-order valence-electron chi connectivity index (χ2n) is 3.29. The maximum absolute atomic E-state index is 13.6. The largest absolute Gasteiger partial charge is 0.205 e. The highest BCUT2D eigenvalue weighted by molar-refractivity contribution is 5.35. The van der Waals surface area contributed by atoms with E-state index in [0.29, 0.717) is 5.69 Å². The molecule has 0 unspecified atom stereocenters. The summed E-state index contributed by atoms with van der Waals surface area (Å²) in [5.74, 6) is -0.298. The normalized spacial score (nSPS) is 10.5. The molecule has 1 aromatic heterocycles. The van der Waals surface area contributed by atoms with Crippen molar-refractivity contribution in [3.05, 3.63) is 35.9 Å². The van der Waals surface area contributed by atoms with Crippen molar-refractivity contribution in [2.45, 2.75) is 19.8 Å². The maximum Gasteiger partial charge on any atom is 0.149 e. The van der Waals surface area contributed by atoms with Gasteiger partial charge in [-0.2, -0.15) is 4.68 Å². The third-order valence-electron chi connectivity index (χ3n) is 2.15. The lowest BCUT2D eigenvalue weighted by molar-refractivity contribution is 0.604. The molecular formula is C10H11FN4. The molecule has 0 radical (unpaired) electrons. The van der Waals surface area contributed by atoms with Gasteiger partial charge in [-0.15, -0.1) is 5.10 Å². The average Bonchev–Trinajstić information content (AvgIpc) is 2.71. The smallest absolute Gasteiger partial charge is 0.149 e. The number of halogens is 1. The predicted molar refractivity (Wildman–Crippen MR) is 53.1 cm³/mol. The van der Waals surface area contributed by atoms with Crippen LogP contribution in [0.3, 0.4) is 0 Å². The number of tetrazole rings is 1. The molecule has 15 heavy (non-hydrogen) atoms. The first-order valence-electron chi connectivity index (χ1n) is 4.83. The summed E-state index contributed by atoms with van der Waals surface area (Å²) in [6.07, 6.45) is 3.26. The summed E-state index contributed by atoms with van der Waals surface area (Å²) in [7, 11) is 0. The summed E-state index contributed by atoms with van der Waals surface area (Å²) in [6, 6.07) is 5.11. The van der Waals surface area contributed by atoms with Gasteiger partial charge < -0.3 is 0 Å². The molecule has 0 amide bonds. The van der Waals surface area contributed by atoms with Crippen molar-refractivity contribution in [1.82, 2.24) is 20.2 Å². The van der Waals surface area contributed by atoms with Crippen LogP contribution >= 0.6 is 0 Å². The number of nitrogens with zero attached hydrogens (tertiary/aromatic N) is 4. The Labute approximate surface area is 86.7 Å². The van der Waals surface area contributed by atoms with Crippen molar-refractivity contribution in [3.63, 3.8) is 0 Å². The first-order chi connectivity index (χ1) is 7.31. The molecule has 0 atom stereocenters. The van der Waals surface area contributed by atoms with Crippen molar-refractivity contribution in [1.29, 1.82) is 0 Å². The molecule has 0 fully saturated rings. The molecule has 0 bridgehead atoms. The van der Waals surface area contributed by atoms with Crippen LogP contribution in [0, 0.1) is 5.82 Å². The fraction of sp³-hybridized carbons (Fsp3) is 0.300. The zero-order chi connectivity index (χ0) is 10.7. The maximum atomic E-state index is 13.6. The number of benzene rings is 1. The first kappa shape index (κ1) is 9.76. The van der Waals surface area contributed by atoms with E-state index in [4.69, 9.17) is 0 Å². The summed E-state index contributed by atoms with van der Waals surface area (Å²) >= 11 is 0. The Morgan fingerprint density at radius 1 is 1.40 bits per heavy atom. The minimum Gasteiger partial charge on any atom is -0.205 e. The van der Waals surface area contributed by atoms with E-state index in [1.807, 2.05) is 6.07 Å². The van der Waals surface area contributed by atoms with Gasteiger partial charge in [0.25, 0.3) is 0 Å². The molecule has 0 saturated heterocycles. The van der Waals surface area contributed by atoms with Crippen LogP contribution in [0.25, 0.3) is 5.69 Å². The highest BCUT2D eigenvalue weighted by atomic mass is 19.1. The Morgan fingerprint density at radius 2 is 2.27 bits per heavy atom. The molecule has 0 saturated carbocycles. The number of hydrogen-bond acceptors (Lipinski definition) is 3. The molecule has 1 aromatic carbocycles. The van der Waals surface area contributed by atoms with E-state index in [2.05, 4.69) is 22.4 Å². The fourth-order valence-electron chi connectivity index (χ4n) is 1.45. The Kier molecular flexibility index (Phi) is 2.71. The summed E-state index contributed by atoms with van der Waals surface area (Å²) in [6.45, 7) is 2.06. The summed E-state index contributed by atoms with van der Waals surface area (Å²) < 4.78 is 14.9. The van der Waals surface area contributed by atoms with E-state index < -0.39 is 0 Å². The number of aryl methyl sites for hydroxylation is 1. The minimum absolute atomic E-state index is 0.298. The number of hydrogen-bond donors (Lipinski definition) is 0. The highest BCUT2D eigenvalue weighted by Crippen LogP contribution is 2.14. The van der Waals surface area contributed by atoms with E-state index in [-0.39, 0.29) is 5.82 Å². The van der Waals surface area contributed by atoms with Crippen molar-refractivity contribution < 1.29 is 4.39 Å². The second-order valence-corrected chi connectivity index (χ2v) is 3.29. The van der Waals surface area contributed by atoms with Crippen molar-refractivity contribution in [2.24, 2.45) is 0 Å². The van der Waals surface area contributed by atoms with Gasteiger partial charge in [0.15, 0.2) is 0 Å². The third-order valence-corrected chi connectivity index (χ3v) is 2.15. The van der Waals surface area contributed by atoms with Crippen LogP contribution in [0.4, 0.5) is 4.39 Å². The van der Waals surface area contributed by atoms with Crippen LogP contribution in [0.1, 0.15) is 18.9 Å². The van der Waals surface area contributed by atoms with Gasteiger partial charge in [-0.05, 0) is 34.5 Å². The standard InChI is InChI=1S/C10H11FN4/c1-2-3-8-4-5-10(9(11)6-8)15-7-12-13-14-15/h4-7H,2-3H2,1H3. The average molecular weight is 206 g/mol. The Morgan fingerprint density at radius 3 is 2.87 bits per heavy atom. The van der Waals surface area contributed by atoms with Crippen LogP contribution in [0.5, 0.6) is 0 Å². The van der Waals surface area contributed by atoms with Crippen LogP contribution in [0.2, 0.25) is 0 Å². The molecular weight excluding hydrogens is 195 g/mol. The Hall–Kier alpha value is -1.78. The number of rotatable bonds is 3. The van der Waals surface area contributed by atoms with Crippen molar-refractivity contribution in [3.8, 4) is 5.69 Å². The van der Waals surface area contributed by atoms with Gasteiger partial charge in [-0.3, -0.25) is 0 Å². The lowest BCUT2D eigenvalue weighted by Gasteiger charge is -2.03. The van der Waals surface area contributed by atoms with Gasteiger partial charge in [-0.25, -0.2) is 4.39 Å². The zero-order valence-electron chi connectivity index (χ0n) is 8.39. The topological polar surface area (TPSA) is 43.6 Å². The first-order valence-corrected chi connectivity index (χ1v) is 4.83. The lowest BCUT2D eigenvalue weighted by atomic mass is 10.1. The molecule has 2 rings (SSSR count). The predicted octanol–water partition coefficient (Wildman–Crippen LogP) is 1.75. The monoisotopic (exact) mass is 206 g/mol. The zero-order valence-corrected chi connectivity index (χ0v) is 8.39. The van der Waals surface area contributed by atoms with Crippen LogP contribution in [-0.2, 0) is 6.42 Å². The van der Waals surface area contributed by atoms with E-state index in [1.165, 1.54) is 17.1 Å². The third kappa shape index (κ3) is 2.01. The molecule has 0 aliphatic heterocycles. The highest BCUT2D eigenvalue weighted by Gasteiger charge is 2.06. The number of aromatic nitrogens is 4. The van der Waals surface area contributed by atoms with E-state index >= 15 is 0 Å². The molecule has 2 aromatic rings. The van der Waals surface area contributed by atoms with Crippen LogP contribution in [-0.4, -0.2) is 20.2 Å². The van der Waals surface area contributed by atoms with Gasteiger partial charge in [0, 0.05) is 0 Å². The van der Waals surface area contributed by atoms with Gasteiger partial charge in [0.2, 0.25) is 0 Å². The molecule has 5 heteroatoms. The fourth-order valence-corrected chi connectivity index (χ4v) is 1.45. The molecule has 0 N–H and O–H groups in total. The molecule has 0 spiro atoms. The minimum atomic E-state index is -0.298. The molecule has 78 valence electrons. The van der Waals surface area contributed by atoms with Crippen LogP contribution < -0.4 is 0 Å². The molecule has 4 nitrogen and oxygen atoms in total. The van der Waals surface area contributed by atoms with Crippen molar-refractivity contribution >= 4 is 0 Å². The van der Waals surface area contributed by atoms with Crippen molar-refractivity contribution in [2.75, 3.05) is 0 Å². The summed E-state index contributed by atoms with van der Waals surface area (Å²) in [5, 5.41) is 10.6. The molecule has 0 aliphatic rings. The van der Waals surface area contributed by atoms with E-state index in [1.54, 1.807) is 6.07 Å². The summed E-state index contributed by atoms with van der Waals surface area (Å²) in [4.78, 5) is 0. The Balaban J connectivity index is 2.35. The quantitative estimate of drug-likeness (QED) is 0.768. The van der Waals surface area contributed by atoms with Gasteiger partial charge in [0.05, 0.1) is 0 Å². The van der Waals surface area contributed by atoms with E-state index in [9.17, 15) is 4.39 Å². The van der Waals surface area contributed by atoms with Gasteiger partial charge >= 0.3 is 0 Å². The van der Waals surface area contributed by atoms with Gasteiger partial charge in [-0.1, -0.05) is 19.4 Å². The molecule has 0 aliphatic carbocycles. The Bertz CT molecular complexity index is 439. The van der Waals surface area contributed by atoms with Gasteiger partial charge in [0.1, 0.15) is 17.8 Å². The molecule has 1 heterocycles. The van der Waals surface area contributed by atoms with E-state index in [0.717, 1.165) is 18.4 Å².